The Kier molecular flexibility index (Phi) is 6.93. The average molecular weight is 561 g/mol. The van der Waals surface area contributed by atoms with Gasteiger partial charge < -0.3 is 9.47 Å². The van der Waals surface area contributed by atoms with E-state index < -0.39 is 0 Å². The lowest BCUT2D eigenvalue weighted by atomic mass is 10.2. The Bertz CT molecular complexity index is 1550. The number of rotatable bonds is 8. The molecule has 0 unspecified atom stereocenters. The molecule has 41 heavy (non-hydrogen) atoms. The summed E-state index contributed by atoms with van der Waals surface area (Å²) in [6.07, 6.45) is 5.00. The molecule has 0 fully saturated rings. The zero-order valence-electron chi connectivity index (χ0n) is 21.3. The zero-order chi connectivity index (χ0) is 28.3. The predicted octanol–water partition coefficient (Wildman–Crippen LogP) is 6.28. The third-order valence-corrected chi connectivity index (χ3v) is 7.18. The van der Waals surface area contributed by atoms with Gasteiger partial charge in [-0.05, 0) is 97.1 Å². The SMILES string of the molecule is O=C1C=CC(=O)N1c1ccc(Oc2ccc(Sc3ccc(Oc4ccc(N5C(=O)C=CC5=O)cc4)cc3)cc2)cc1. The van der Waals surface area contributed by atoms with Gasteiger partial charge in [0.15, 0.2) is 0 Å². The monoisotopic (exact) mass is 560 g/mol. The van der Waals surface area contributed by atoms with Crippen LogP contribution in [-0.4, -0.2) is 23.6 Å². The Morgan fingerprint density at radius 2 is 0.659 bits per heavy atom. The molecule has 200 valence electrons. The van der Waals surface area contributed by atoms with Crippen LogP contribution in [0.3, 0.4) is 0 Å². The quantitative estimate of drug-likeness (QED) is 0.234. The van der Waals surface area contributed by atoms with Crippen molar-refractivity contribution in [1.29, 1.82) is 0 Å². The topological polar surface area (TPSA) is 93.2 Å². The van der Waals surface area contributed by atoms with Crippen LogP contribution in [0.1, 0.15) is 0 Å². The highest BCUT2D eigenvalue weighted by molar-refractivity contribution is 7.99. The van der Waals surface area contributed by atoms with Crippen molar-refractivity contribution in [1.82, 2.24) is 0 Å². The molecule has 9 heteroatoms. The molecule has 0 bridgehead atoms. The lowest BCUT2D eigenvalue weighted by Gasteiger charge is -2.14. The van der Waals surface area contributed by atoms with Gasteiger partial charge in [-0.1, -0.05) is 11.8 Å². The second-order valence-corrected chi connectivity index (χ2v) is 10.1. The average Bonchev–Trinajstić information content (AvgIpc) is 3.50. The lowest BCUT2D eigenvalue weighted by Crippen LogP contribution is -2.29. The van der Waals surface area contributed by atoms with Gasteiger partial charge in [-0.3, -0.25) is 19.2 Å². The smallest absolute Gasteiger partial charge is 0.258 e. The third kappa shape index (κ3) is 5.66. The van der Waals surface area contributed by atoms with E-state index in [1.54, 1.807) is 60.3 Å². The zero-order valence-corrected chi connectivity index (χ0v) is 22.1. The van der Waals surface area contributed by atoms with Crippen LogP contribution in [-0.2, 0) is 19.2 Å². The first-order chi connectivity index (χ1) is 19.9. The molecule has 0 spiro atoms. The fourth-order valence-corrected chi connectivity index (χ4v) is 5.01. The highest BCUT2D eigenvalue weighted by Gasteiger charge is 2.25. The van der Waals surface area contributed by atoms with Crippen LogP contribution in [0.25, 0.3) is 0 Å². The molecule has 0 aromatic heterocycles. The Morgan fingerprint density at radius 1 is 0.390 bits per heavy atom. The Labute approximate surface area is 239 Å². The van der Waals surface area contributed by atoms with E-state index in [2.05, 4.69) is 0 Å². The number of benzene rings is 4. The number of ether oxygens (including phenoxy) is 2. The van der Waals surface area contributed by atoms with E-state index in [4.69, 9.17) is 9.47 Å². The standard InChI is InChI=1S/C32H20N2O6S/c35-29-17-18-30(36)33(29)21-1-5-23(6-2-21)39-25-9-13-27(14-10-25)41-28-15-11-26(12-16-28)40-24-7-3-22(4-8-24)34-31(37)19-20-32(34)38/h1-20H. The maximum Gasteiger partial charge on any atom is 0.258 e. The summed E-state index contributed by atoms with van der Waals surface area (Å²) >= 11 is 1.59. The fourth-order valence-electron chi connectivity index (χ4n) is 4.20. The molecular weight excluding hydrogens is 540 g/mol. The van der Waals surface area contributed by atoms with Gasteiger partial charge >= 0.3 is 0 Å². The van der Waals surface area contributed by atoms with E-state index in [1.165, 1.54) is 24.3 Å². The molecule has 0 saturated carbocycles. The number of hydrogen-bond acceptors (Lipinski definition) is 7. The number of carbonyl (C=O) groups excluding carboxylic acids is 4. The number of hydrogen-bond donors (Lipinski definition) is 0. The normalized spacial score (nSPS) is 14.3. The summed E-state index contributed by atoms with van der Waals surface area (Å²) in [6.45, 7) is 0. The van der Waals surface area contributed by atoms with E-state index in [-0.39, 0.29) is 23.6 Å². The van der Waals surface area contributed by atoms with Crippen LogP contribution in [0.2, 0.25) is 0 Å². The Balaban J connectivity index is 1.03. The highest BCUT2D eigenvalue weighted by Crippen LogP contribution is 2.33. The summed E-state index contributed by atoms with van der Waals surface area (Å²) in [4.78, 5) is 51.6. The van der Waals surface area contributed by atoms with Gasteiger partial charge in [0.25, 0.3) is 23.6 Å². The van der Waals surface area contributed by atoms with Crippen LogP contribution < -0.4 is 19.3 Å². The first-order valence-electron chi connectivity index (χ1n) is 12.5. The second kappa shape index (κ2) is 11.0. The molecule has 4 aromatic carbocycles. The van der Waals surface area contributed by atoms with Crippen LogP contribution in [0, 0.1) is 0 Å². The van der Waals surface area contributed by atoms with Gasteiger partial charge in [0, 0.05) is 34.1 Å². The van der Waals surface area contributed by atoms with Crippen molar-refractivity contribution >= 4 is 46.8 Å². The van der Waals surface area contributed by atoms with Gasteiger partial charge in [-0.25, -0.2) is 9.80 Å². The Morgan fingerprint density at radius 3 is 0.951 bits per heavy atom. The van der Waals surface area contributed by atoms with Crippen LogP contribution >= 0.6 is 11.8 Å². The van der Waals surface area contributed by atoms with E-state index in [1.807, 2.05) is 48.5 Å². The van der Waals surface area contributed by atoms with E-state index in [0.29, 0.717) is 34.4 Å². The largest absolute Gasteiger partial charge is 0.457 e. The van der Waals surface area contributed by atoms with Crippen LogP contribution in [0.4, 0.5) is 11.4 Å². The first-order valence-corrected chi connectivity index (χ1v) is 13.3. The number of anilines is 2. The van der Waals surface area contributed by atoms with Crippen molar-refractivity contribution in [3.05, 3.63) is 121 Å². The minimum atomic E-state index is -0.362. The fraction of sp³-hybridized carbons (Fsp3) is 0. The van der Waals surface area contributed by atoms with Crippen molar-refractivity contribution in [3.8, 4) is 23.0 Å². The summed E-state index contributed by atoms with van der Waals surface area (Å²) in [6, 6.07) is 28.8. The number of nitrogens with zero attached hydrogens (tertiary/aromatic N) is 2. The molecule has 2 heterocycles. The molecule has 0 saturated heterocycles. The van der Waals surface area contributed by atoms with Crippen LogP contribution in [0.5, 0.6) is 23.0 Å². The van der Waals surface area contributed by atoms with Crippen molar-refractivity contribution in [2.24, 2.45) is 0 Å². The molecule has 0 N–H and O–H groups in total. The lowest BCUT2D eigenvalue weighted by molar-refractivity contribution is -0.121. The molecule has 2 aliphatic rings. The maximum absolute atomic E-state index is 11.8. The minimum Gasteiger partial charge on any atom is -0.457 e. The highest BCUT2D eigenvalue weighted by atomic mass is 32.2. The van der Waals surface area contributed by atoms with Crippen molar-refractivity contribution in [2.45, 2.75) is 9.79 Å². The van der Waals surface area contributed by atoms with Crippen molar-refractivity contribution < 1.29 is 28.7 Å². The molecule has 8 nitrogen and oxygen atoms in total. The molecule has 4 amide bonds. The van der Waals surface area contributed by atoms with E-state index in [0.717, 1.165) is 19.6 Å². The molecule has 2 aliphatic heterocycles. The predicted molar refractivity (Wildman–Crippen MR) is 153 cm³/mol. The maximum atomic E-state index is 11.8. The van der Waals surface area contributed by atoms with Crippen molar-refractivity contribution in [3.63, 3.8) is 0 Å². The Hall–Kier alpha value is -5.41. The first kappa shape index (κ1) is 25.8. The van der Waals surface area contributed by atoms with Gasteiger partial charge in [0.05, 0.1) is 11.4 Å². The summed E-state index contributed by atoms with van der Waals surface area (Å²) in [5, 5.41) is 0. The summed E-state index contributed by atoms with van der Waals surface area (Å²) in [5.41, 5.74) is 0.980. The van der Waals surface area contributed by atoms with Gasteiger partial charge in [-0.2, -0.15) is 0 Å². The van der Waals surface area contributed by atoms with Crippen molar-refractivity contribution in [2.75, 3.05) is 9.80 Å². The summed E-state index contributed by atoms with van der Waals surface area (Å²) < 4.78 is 11.8. The van der Waals surface area contributed by atoms with Crippen LogP contribution in [0.15, 0.2) is 131 Å². The van der Waals surface area contributed by atoms with Gasteiger partial charge in [0.1, 0.15) is 23.0 Å². The molecule has 0 atom stereocenters. The number of amides is 4. The van der Waals surface area contributed by atoms with E-state index >= 15 is 0 Å². The molecule has 0 radical (unpaired) electrons. The molecular formula is C32H20N2O6S. The minimum absolute atomic E-state index is 0.362. The number of imide groups is 2. The van der Waals surface area contributed by atoms with Gasteiger partial charge in [-0.15, -0.1) is 0 Å². The number of carbonyl (C=O) groups is 4. The second-order valence-electron chi connectivity index (χ2n) is 8.93. The van der Waals surface area contributed by atoms with E-state index in [9.17, 15) is 19.2 Å². The van der Waals surface area contributed by atoms with Gasteiger partial charge in [0.2, 0.25) is 0 Å². The molecule has 4 aromatic rings. The molecule has 0 aliphatic carbocycles. The summed E-state index contributed by atoms with van der Waals surface area (Å²) in [7, 11) is 0. The molecule has 6 rings (SSSR count). The summed E-state index contributed by atoms with van der Waals surface area (Å²) in [5.74, 6) is 1.03. The third-order valence-electron chi connectivity index (χ3n) is 6.16.